The van der Waals surface area contributed by atoms with Crippen molar-refractivity contribution in [1.82, 2.24) is 14.9 Å². The van der Waals surface area contributed by atoms with Crippen molar-refractivity contribution in [2.24, 2.45) is 5.92 Å². The number of aromatic nitrogens is 2. The summed E-state index contributed by atoms with van der Waals surface area (Å²) in [6, 6.07) is 6.71. The zero-order valence-electron chi connectivity index (χ0n) is 17.9. The third-order valence-corrected chi connectivity index (χ3v) is 5.73. The molecule has 0 aliphatic carbocycles. The average Bonchev–Trinajstić information content (AvgIpc) is 3.11. The number of benzene rings is 1. The van der Waals surface area contributed by atoms with Gasteiger partial charge in [-0.25, -0.2) is 19.2 Å². The first-order chi connectivity index (χ1) is 15.0. The van der Waals surface area contributed by atoms with Crippen LogP contribution in [-0.4, -0.2) is 47.1 Å². The van der Waals surface area contributed by atoms with Crippen molar-refractivity contribution in [2.75, 3.05) is 31.6 Å². The second kappa shape index (κ2) is 9.43. The molecule has 3 heterocycles. The lowest BCUT2D eigenvalue weighted by Crippen LogP contribution is -2.35. The van der Waals surface area contributed by atoms with Crippen LogP contribution in [0.3, 0.4) is 0 Å². The first kappa shape index (κ1) is 21.2. The Balaban J connectivity index is 1.37. The number of esters is 1. The molecule has 1 saturated heterocycles. The first-order valence-electron chi connectivity index (χ1n) is 10.7. The number of piperidine rings is 1. The van der Waals surface area contributed by atoms with Gasteiger partial charge in [0.05, 0.1) is 12.0 Å². The van der Waals surface area contributed by atoms with Crippen LogP contribution in [-0.2, 0) is 11.3 Å². The standard InChI is InChI=1S/C23H27FN4O3/c1-3-30-23(29)19-15(2)31-22-20(19)21(26-14-27-22)25-12-16-8-10-28(11-9-16)13-17-4-6-18(24)7-5-17/h4-7,14,16H,3,8-13H2,1-2H3,(H,25,26,27). The number of furan rings is 1. The molecule has 2 aromatic heterocycles. The number of carbonyl (C=O) groups is 1. The average molecular weight is 426 g/mol. The highest BCUT2D eigenvalue weighted by Gasteiger charge is 2.25. The van der Waals surface area contributed by atoms with Gasteiger partial charge in [0.15, 0.2) is 0 Å². The summed E-state index contributed by atoms with van der Waals surface area (Å²) in [7, 11) is 0. The highest BCUT2D eigenvalue weighted by Crippen LogP contribution is 2.30. The van der Waals surface area contributed by atoms with Gasteiger partial charge in [0, 0.05) is 13.1 Å². The monoisotopic (exact) mass is 426 g/mol. The summed E-state index contributed by atoms with van der Waals surface area (Å²) in [5, 5.41) is 3.98. The predicted octanol–water partition coefficient (Wildman–Crippen LogP) is 4.17. The number of fused-ring (bicyclic) bond motifs is 1. The number of ether oxygens (including phenoxy) is 1. The number of likely N-dealkylation sites (tertiary alicyclic amines) is 1. The quantitative estimate of drug-likeness (QED) is 0.568. The van der Waals surface area contributed by atoms with Crippen LogP contribution >= 0.6 is 0 Å². The number of halogens is 1. The fourth-order valence-electron chi connectivity index (χ4n) is 4.07. The number of aryl methyl sites for hydroxylation is 1. The number of carbonyl (C=O) groups excluding carboxylic acids is 1. The number of rotatable bonds is 7. The van der Waals surface area contributed by atoms with Crippen LogP contribution in [0.2, 0.25) is 0 Å². The van der Waals surface area contributed by atoms with Crippen LogP contribution in [0.5, 0.6) is 0 Å². The van der Waals surface area contributed by atoms with E-state index >= 15 is 0 Å². The molecule has 164 valence electrons. The molecule has 0 radical (unpaired) electrons. The second-order valence-electron chi connectivity index (χ2n) is 7.88. The summed E-state index contributed by atoms with van der Waals surface area (Å²) in [4.78, 5) is 23.3. The molecular weight excluding hydrogens is 399 g/mol. The number of hydrogen-bond acceptors (Lipinski definition) is 7. The number of anilines is 1. The third-order valence-electron chi connectivity index (χ3n) is 5.73. The molecule has 7 nitrogen and oxygen atoms in total. The van der Waals surface area contributed by atoms with Crippen LogP contribution in [0.25, 0.3) is 11.1 Å². The SMILES string of the molecule is CCOC(=O)c1c(C)oc2ncnc(NCC3CCN(Cc4ccc(F)cc4)CC3)c12. The van der Waals surface area contributed by atoms with Gasteiger partial charge < -0.3 is 14.5 Å². The Labute approximate surface area is 180 Å². The van der Waals surface area contributed by atoms with Crippen molar-refractivity contribution >= 4 is 22.9 Å². The Bertz CT molecular complexity index is 1040. The normalized spacial score (nSPS) is 15.3. The Morgan fingerprint density at radius 2 is 2.00 bits per heavy atom. The van der Waals surface area contributed by atoms with Crippen LogP contribution in [0.1, 0.15) is 41.4 Å². The molecule has 0 bridgehead atoms. The van der Waals surface area contributed by atoms with Crippen LogP contribution in [0.15, 0.2) is 35.0 Å². The molecule has 1 aromatic carbocycles. The molecule has 31 heavy (non-hydrogen) atoms. The van der Waals surface area contributed by atoms with Crippen molar-refractivity contribution in [2.45, 2.75) is 33.2 Å². The Kier molecular flexibility index (Phi) is 6.46. The number of nitrogens with one attached hydrogen (secondary N) is 1. The van der Waals surface area contributed by atoms with Crippen LogP contribution in [0.4, 0.5) is 10.2 Å². The largest absolute Gasteiger partial charge is 0.462 e. The van der Waals surface area contributed by atoms with Crippen molar-refractivity contribution in [1.29, 1.82) is 0 Å². The Morgan fingerprint density at radius 1 is 1.26 bits per heavy atom. The van der Waals surface area contributed by atoms with E-state index in [0.717, 1.165) is 44.6 Å². The van der Waals surface area contributed by atoms with E-state index in [-0.39, 0.29) is 12.4 Å². The van der Waals surface area contributed by atoms with Crippen molar-refractivity contribution in [3.63, 3.8) is 0 Å². The van der Waals surface area contributed by atoms with Gasteiger partial charge in [0.2, 0.25) is 5.71 Å². The van der Waals surface area contributed by atoms with E-state index < -0.39 is 5.97 Å². The van der Waals surface area contributed by atoms with Gasteiger partial charge in [-0.2, -0.15) is 0 Å². The van der Waals surface area contributed by atoms with E-state index in [1.807, 2.05) is 12.1 Å². The smallest absolute Gasteiger partial charge is 0.342 e. The van der Waals surface area contributed by atoms with E-state index in [1.54, 1.807) is 13.8 Å². The van der Waals surface area contributed by atoms with Crippen LogP contribution < -0.4 is 5.32 Å². The lowest BCUT2D eigenvalue weighted by molar-refractivity contribution is 0.0526. The van der Waals surface area contributed by atoms with E-state index in [4.69, 9.17) is 9.15 Å². The summed E-state index contributed by atoms with van der Waals surface area (Å²) >= 11 is 0. The highest BCUT2D eigenvalue weighted by atomic mass is 19.1. The van der Waals surface area contributed by atoms with Crippen molar-refractivity contribution in [3.05, 3.63) is 53.3 Å². The van der Waals surface area contributed by atoms with E-state index in [2.05, 4.69) is 20.2 Å². The molecule has 0 atom stereocenters. The molecule has 8 heteroatoms. The maximum absolute atomic E-state index is 13.1. The summed E-state index contributed by atoms with van der Waals surface area (Å²) < 4.78 is 23.9. The topological polar surface area (TPSA) is 80.5 Å². The molecule has 1 aliphatic heterocycles. The molecule has 0 amide bonds. The minimum Gasteiger partial charge on any atom is -0.462 e. The summed E-state index contributed by atoms with van der Waals surface area (Å²) in [5.41, 5.74) is 1.89. The molecule has 0 saturated carbocycles. The molecule has 1 N–H and O–H groups in total. The molecular formula is C23H27FN4O3. The lowest BCUT2D eigenvalue weighted by atomic mass is 9.96. The zero-order chi connectivity index (χ0) is 21.8. The first-order valence-corrected chi connectivity index (χ1v) is 10.7. The Hall–Kier alpha value is -3.00. The maximum atomic E-state index is 13.1. The second-order valence-corrected chi connectivity index (χ2v) is 7.88. The molecule has 4 rings (SSSR count). The molecule has 0 unspecified atom stereocenters. The Morgan fingerprint density at radius 3 is 2.71 bits per heavy atom. The minimum absolute atomic E-state index is 0.203. The van der Waals surface area contributed by atoms with Gasteiger partial charge in [-0.1, -0.05) is 12.1 Å². The van der Waals surface area contributed by atoms with Gasteiger partial charge in [0.1, 0.15) is 29.3 Å². The van der Waals surface area contributed by atoms with Gasteiger partial charge in [-0.15, -0.1) is 0 Å². The van der Waals surface area contributed by atoms with Crippen molar-refractivity contribution < 1.29 is 18.3 Å². The van der Waals surface area contributed by atoms with Gasteiger partial charge in [-0.3, -0.25) is 4.90 Å². The van der Waals surface area contributed by atoms with Gasteiger partial charge >= 0.3 is 5.97 Å². The third kappa shape index (κ3) is 4.85. The summed E-state index contributed by atoms with van der Waals surface area (Å²) in [5.74, 6) is 0.940. The van der Waals surface area contributed by atoms with Crippen molar-refractivity contribution in [3.8, 4) is 0 Å². The highest BCUT2D eigenvalue weighted by molar-refractivity contribution is 6.07. The molecule has 0 spiro atoms. The molecule has 1 aliphatic rings. The fourth-order valence-corrected chi connectivity index (χ4v) is 4.07. The lowest BCUT2D eigenvalue weighted by Gasteiger charge is -2.32. The molecule has 1 fully saturated rings. The van der Waals surface area contributed by atoms with Gasteiger partial charge in [0.25, 0.3) is 0 Å². The summed E-state index contributed by atoms with van der Waals surface area (Å²) in [6.45, 7) is 7.36. The van der Waals surface area contributed by atoms with E-state index in [0.29, 0.717) is 34.2 Å². The fraction of sp³-hybridized carbons (Fsp3) is 0.435. The van der Waals surface area contributed by atoms with Gasteiger partial charge in [-0.05, 0) is 63.4 Å². The minimum atomic E-state index is -0.425. The molecule has 3 aromatic rings. The number of hydrogen-bond donors (Lipinski definition) is 1. The zero-order valence-corrected chi connectivity index (χ0v) is 17.9. The van der Waals surface area contributed by atoms with E-state index in [1.165, 1.54) is 18.5 Å². The maximum Gasteiger partial charge on any atom is 0.342 e. The van der Waals surface area contributed by atoms with E-state index in [9.17, 15) is 9.18 Å². The summed E-state index contributed by atoms with van der Waals surface area (Å²) in [6.07, 6.45) is 3.54. The number of nitrogens with zero attached hydrogens (tertiary/aromatic N) is 3. The van der Waals surface area contributed by atoms with Crippen LogP contribution in [0, 0.1) is 18.7 Å². The predicted molar refractivity (Wildman–Crippen MR) is 115 cm³/mol.